The minimum atomic E-state index is -1.59. The molecule has 1 unspecified atom stereocenters. The number of carbonyl (C=O) groups is 1. The Balaban J connectivity index is 1.63. The van der Waals surface area contributed by atoms with Crippen molar-refractivity contribution in [3.05, 3.63) is 65.7 Å². The summed E-state index contributed by atoms with van der Waals surface area (Å²) in [5, 5.41) is 0. The van der Waals surface area contributed by atoms with Crippen molar-refractivity contribution in [2.24, 2.45) is 0 Å². The summed E-state index contributed by atoms with van der Waals surface area (Å²) in [5.41, 5.74) is 0.632. The summed E-state index contributed by atoms with van der Waals surface area (Å²) >= 11 is 0. The smallest absolute Gasteiger partial charge is 0.226 e. The van der Waals surface area contributed by atoms with Gasteiger partial charge in [0.1, 0.15) is 6.17 Å². The van der Waals surface area contributed by atoms with Crippen molar-refractivity contribution in [1.82, 2.24) is 4.90 Å². The maximum atomic E-state index is 14.6. The Morgan fingerprint density at radius 3 is 2.43 bits per heavy atom. The number of para-hydroxylation sites is 1. The predicted molar refractivity (Wildman–Crippen MR) is 104 cm³/mol. The third-order valence-corrected chi connectivity index (χ3v) is 5.27. The molecule has 0 radical (unpaired) electrons. The van der Waals surface area contributed by atoms with Crippen molar-refractivity contribution in [2.75, 3.05) is 24.5 Å². The summed E-state index contributed by atoms with van der Waals surface area (Å²) in [6.45, 7) is 3.06. The second-order valence-corrected chi connectivity index (χ2v) is 7.10. The van der Waals surface area contributed by atoms with E-state index in [2.05, 4.69) is 0 Å². The number of nitrogens with zero attached hydrogens (tertiary/aromatic N) is 2. The van der Waals surface area contributed by atoms with E-state index >= 15 is 0 Å². The lowest BCUT2D eigenvalue weighted by molar-refractivity contribution is -0.119. The quantitative estimate of drug-likeness (QED) is 0.702. The van der Waals surface area contributed by atoms with Gasteiger partial charge in [0.15, 0.2) is 11.6 Å². The number of rotatable bonds is 6. The largest absolute Gasteiger partial charge is 0.309 e. The lowest BCUT2D eigenvalue weighted by Crippen LogP contribution is -2.48. The molecule has 1 heterocycles. The van der Waals surface area contributed by atoms with E-state index in [1.807, 2.05) is 47.1 Å². The van der Waals surface area contributed by atoms with Gasteiger partial charge in [-0.25, -0.2) is 13.2 Å². The van der Waals surface area contributed by atoms with Gasteiger partial charge < -0.3 is 4.90 Å². The Morgan fingerprint density at radius 2 is 1.79 bits per heavy atom. The Bertz CT molecular complexity index is 792. The summed E-state index contributed by atoms with van der Waals surface area (Å²) in [6, 6.07) is 13.2. The summed E-state index contributed by atoms with van der Waals surface area (Å²) < 4.78 is 41.7. The fourth-order valence-electron chi connectivity index (χ4n) is 3.76. The number of hydrogen-bond donors (Lipinski definition) is 0. The van der Waals surface area contributed by atoms with E-state index in [0.29, 0.717) is 32.4 Å². The molecule has 2 aromatic rings. The maximum Gasteiger partial charge on any atom is 0.226 e. The maximum absolute atomic E-state index is 14.6. The van der Waals surface area contributed by atoms with Gasteiger partial charge in [-0.05, 0) is 31.0 Å². The number of hydrogen-bond acceptors (Lipinski definition) is 2. The highest BCUT2D eigenvalue weighted by atomic mass is 19.2. The zero-order valence-corrected chi connectivity index (χ0v) is 16.0. The van der Waals surface area contributed by atoms with Crippen LogP contribution < -0.4 is 4.90 Å². The van der Waals surface area contributed by atoms with Crippen LogP contribution in [0.1, 0.15) is 37.9 Å². The van der Waals surface area contributed by atoms with E-state index < -0.39 is 17.8 Å². The zero-order chi connectivity index (χ0) is 20.1. The molecule has 0 N–H and O–H groups in total. The molecule has 0 aliphatic carbocycles. The van der Waals surface area contributed by atoms with Crippen molar-refractivity contribution in [3.8, 4) is 0 Å². The van der Waals surface area contributed by atoms with Crippen LogP contribution in [0.4, 0.5) is 18.9 Å². The number of likely N-dealkylation sites (tertiary alicyclic amines) is 1. The molecule has 1 saturated heterocycles. The van der Waals surface area contributed by atoms with E-state index in [0.717, 1.165) is 11.8 Å². The molecule has 28 heavy (non-hydrogen) atoms. The number of alkyl halides is 1. The van der Waals surface area contributed by atoms with Crippen LogP contribution in [0.3, 0.4) is 0 Å². The minimum Gasteiger partial charge on any atom is -0.309 e. The van der Waals surface area contributed by atoms with Crippen LogP contribution in [0.15, 0.2) is 48.5 Å². The topological polar surface area (TPSA) is 23.6 Å². The van der Waals surface area contributed by atoms with Crippen LogP contribution >= 0.6 is 0 Å². The van der Waals surface area contributed by atoms with Crippen LogP contribution in [-0.2, 0) is 4.79 Å². The molecular weight excluding hydrogens is 365 g/mol. The first kappa shape index (κ1) is 20.4. The highest BCUT2D eigenvalue weighted by Crippen LogP contribution is 2.28. The van der Waals surface area contributed by atoms with Gasteiger partial charge in [-0.3, -0.25) is 9.69 Å². The molecule has 1 aliphatic heterocycles. The van der Waals surface area contributed by atoms with Gasteiger partial charge >= 0.3 is 0 Å². The molecule has 3 nitrogen and oxygen atoms in total. The molecule has 1 aliphatic rings. The van der Waals surface area contributed by atoms with Gasteiger partial charge in [0.05, 0.1) is 0 Å². The number of piperidine rings is 1. The second-order valence-electron chi connectivity index (χ2n) is 7.10. The first-order valence-corrected chi connectivity index (χ1v) is 9.68. The predicted octanol–water partition coefficient (Wildman–Crippen LogP) is 4.88. The summed E-state index contributed by atoms with van der Waals surface area (Å²) in [7, 11) is 0. The molecule has 150 valence electrons. The summed E-state index contributed by atoms with van der Waals surface area (Å²) in [6.07, 6.45) is 0.244. The first-order valence-electron chi connectivity index (χ1n) is 9.68. The van der Waals surface area contributed by atoms with Crippen LogP contribution in [-0.4, -0.2) is 36.5 Å². The highest BCUT2D eigenvalue weighted by Gasteiger charge is 2.30. The van der Waals surface area contributed by atoms with E-state index in [-0.39, 0.29) is 24.1 Å². The Labute approximate surface area is 163 Å². The first-order chi connectivity index (χ1) is 13.5. The van der Waals surface area contributed by atoms with Crippen LogP contribution in [0, 0.1) is 11.6 Å². The number of benzene rings is 2. The van der Waals surface area contributed by atoms with E-state index in [4.69, 9.17) is 0 Å². The molecule has 1 amide bonds. The Morgan fingerprint density at radius 1 is 1.11 bits per heavy atom. The molecule has 1 atom stereocenters. The third kappa shape index (κ3) is 4.55. The lowest BCUT2D eigenvalue weighted by atomic mass is 10.0. The summed E-state index contributed by atoms with van der Waals surface area (Å²) in [5.74, 6) is -2.08. The molecule has 0 aromatic heterocycles. The number of carbonyl (C=O) groups excluding carboxylic acids is 1. The highest BCUT2D eigenvalue weighted by molar-refractivity contribution is 5.93. The molecular formula is C22H25F3N2O. The van der Waals surface area contributed by atoms with E-state index in [1.165, 1.54) is 12.1 Å². The number of amides is 1. The Kier molecular flexibility index (Phi) is 6.73. The van der Waals surface area contributed by atoms with E-state index in [1.54, 1.807) is 0 Å². The molecule has 0 saturated carbocycles. The van der Waals surface area contributed by atoms with Crippen molar-refractivity contribution in [2.45, 2.75) is 38.4 Å². The van der Waals surface area contributed by atoms with Crippen molar-refractivity contribution >= 4 is 11.6 Å². The molecule has 6 heteroatoms. The van der Waals surface area contributed by atoms with Crippen LogP contribution in [0.2, 0.25) is 0 Å². The number of anilines is 1. The van der Waals surface area contributed by atoms with Crippen LogP contribution in [0.25, 0.3) is 0 Å². The fourth-order valence-corrected chi connectivity index (χ4v) is 3.76. The molecule has 0 bridgehead atoms. The molecule has 3 rings (SSSR count). The summed E-state index contributed by atoms with van der Waals surface area (Å²) in [4.78, 5) is 16.3. The molecule has 0 spiro atoms. The minimum absolute atomic E-state index is 0.0140. The fraction of sp³-hybridized carbons (Fsp3) is 0.409. The molecule has 1 fully saturated rings. The molecule has 2 aromatic carbocycles. The monoisotopic (exact) mass is 390 g/mol. The average molecular weight is 390 g/mol. The van der Waals surface area contributed by atoms with Gasteiger partial charge in [0, 0.05) is 43.3 Å². The van der Waals surface area contributed by atoms with Gasteiger partial charge in [0.2, 0.25) is 5.91 Å². The number of halogens is 3. The van der Waals surface area contributed by atoms with Crippen molar-refractivity contribution in [3.63, 3.8) is 0 Å². The van der Waals surface area contributed by atoms with E-state index in [9.17, 15) is 18.0 Å². The second kappa shape index (κ2) is 9.24. The Hall–Kier alpha value is -2.34. The zero-order valence-electron chi connectivity index (χ0n) is 16.0. The average Bonchev–Trinajstić information content (AvgIpc) is 2.72. The van der Waals surface area contributed by atoms with Crippen LogP contribution in [0.5, 0.6) is 0 Å². The lowest BCUT2D eigenvalue weighted by Gasteiger charge is -2.39. The van der Waals surface area contributed by atoms with Gasteiger partial charge in [-0.1, -0.05) is 37.3 Å². The third-order valence-electron chi connectivity index (χ3n) is 5.27. The van der Waals surface area contributed by atoms with Gasteiger partial charge in [-0.15, -0.1) is 0 Å². The van der Waals surface area contributed by atoms with Crippen molar-refractivity contribution < 1.29 is 18.0 Å². The normalized spacial score (nSPS) is 16.7. The van der Waals surface area contributed by atoms with Gasteiger partial charge in [-0.2, -0.15) is 0 Å². The van der Waals surface area contributed by atoms with Crippen molar-refractivity contribution in [1.29, 1.82) is 0 Å². The van der Waals surface area contributed by atoms with Gasteiger partial charge in [0.25, 0.3) is 0 Å². The standard InChI is InChI=1S/C22H25F3N2O/c1-2-21(28)27(16-7-4-3-5-8-16)17-11-13-26(14-12-17)15-20(24)18-9-6-10-19(23)22(18)25/h3-10,17,20H,2,11-15H2,1H3. The SMILES string of the molecule is CCC(=O)N(c1ccccc1)C1CCN(CC(F)c2cccc(F)c2F)CC1.